The minimum absolute atomic E-state index is 0.754. The van der Waals surface area contributed by atoms with Gasteiger partial charge in [-0.1, -0.05) is 18.5 Å². The lowest BCUT2D eigenvalue weighted by molar-refractivity contribution is -0.901. The molecule has 1 aromatic rings. The number of hydrogen-bond acceptors (Lipinski definition) is 2. The Balaban J connectivity index is 1.82. The van der Waals surface area contributed by atoms with Crippen molar-refractivity contribution in [3.63, 3.8) is 0 Å². The van der Waals surface area contributed by atoms with Crippen molar-refractivity contribution in [1.82, 2.24) is 0 Å². The van der Waals surface area contributed by atoms with Crippen LogP contribution in [-0.4, -0.2) is 25.3 Å². The fraction of sp³-hybridized carbons (Fsp3) is 0.500. The molecule has 0 radical (unpaired) electrons. The second-order valence-corrected chi connectivity index (χ2v) is 5.23. The summed E-state index contributed by atoms with van der Waals surface area (Å²) in [6.45, 7) is 5.97. The van der Waals surface area contributed by atoms with E-state index in [1.807, 2.05) is 24.3 Å². The zero-order valence-electron chi connectivity index (χ0n) is 10.9. The van der Waals surface area contributed by atoms with Crippen LogP contribution in [0.15, 0.2) is 29.4 Å². The number of quaternary nitrogens is 1. The molecule has 0 aliphatic carbocycles. The van der Waals surface area contributed by atoms with Crippen LogP contribution in [0.2, 0.25) is 5.02 Å². The van der Waals surface area contributed by atoms with Crippen LogP contribution in [0.4, 0.5) is 5.69 Å². The molecule has 0 bridgehead atoms. The number of benzene rings is 1. The smallest absolute Gasteiger partial charge is 0.0824 e. The van der Waals surface area contributed by atoms with Gasteiger partial charge in [0, 0.05) is 23.6 Å². The van der Waals surface area contributed by atoms with E-state index in [9.17, 15) is 0 Å². The standard InChI is InChI=1S/C14H20ClN3/c1-2-9-18-10-7-14(8-11-18)17-16-13-5-3-12(15)4-6-13/h3-6,16H,2,7-11H2,1H3/p+1. The summed E-state index contributed by atoms with van der Waals surface area (Å²) in [6, 6.07) is 7.64. The number of rotatable bonds is 4. The number of nitrogens with one attached hydrogen (secondary N) is 2. The molecule has 1 saturated heterocycles. The Labute approximate surface area is 114 Å². The van der Waals surface area contributed by atoms with Crippen LogP contribution >= 0.6 is 11.6 Å². The molecule has 0 saturated carbocycles. The molecule has 1 fully saturated rings. The predicted molar refractivity (Wildman–Crippen MR) is 77.6 cm³/mol. The fourth-order valence-corrected chi connectivity index (χ4v) is 2.40. The van der Waals surface area contributed by atoms with Crippen LogP contribution in [0.3, 0.4) is 0 Å². The maximum Gasteiger partial charge on any atom is 0.0824 e. The normalized spacial score (nSPS) is 19.7. The molecule has 18 heavy (non-hydrogen) atoms. The van der Waals surface area contributed by atoms with Gasteiger partial charge in [0.05, 0.1) is 25.3 Å². The summed E-state index contributed by atoms with van der Waals surface area (Å²) >= 11 is 5.84. The van der Waals surface area contributed by atoms with Gasteiger partial charge in [-0.25, -0.2) is 0 Å². The molecule has 1 aliphatic heterocycles. The van der Waals surface area contributed by atoms with Gasteiger partial charge < -0.3 is 4.90 Å². The first kappa shape index (κ1) is 13.4. The van der Waals surface area contributed by atoms with Crippen molar-refractivity contribution in [2.24, 2.45) is 5.10 Å². The minimum Gasteiger partial charge on any atom is -0.334 e. The highest BCUT2D eigenvalue weighted by atomic mass is 35.5. The number of hydrogen-bond donors (Lipinski definition) is 2. The second kappa shape index (κ2) is 6.76. The topological polar surface area (TPSA) is 28.8 Å². The van der Waals surface area contributed by atoms with E-state index in [0.717, 1.165) is 23.6 Å². The van der Waals surface area contributed by atoms with Crippen LogP contribution < -0.4 is 10.3 Å². The van der Waals surface area contributed by atoms with Crippen molar-refractivity contribution >= 4 is 23.0 Å². The van der Waals surface area contributed by atoms with E-state index >= 15 is 0 Å². The molecule has 3 nitrogen and oxygen atoms in total. The summed E-state index contributed by atoms with van der Waals surface area (Å²) in [5, 5.41) is 5.24. The van der Waals surface area contributed by atoms with Crippen molar-refractivity contribution in [3.8, 4) is 0 Å². The van der Waals surface area contributed by atoms with Crippen LogP contribution in [0.25, 0.3) is 0 Å². The summed E-state index contributed by atoms with van der Waals surface area (Å²) in [5.74, 6) is 0. The third kappa shape index (κ3) is 4.00. The van der Waals surface area contributed by atoms with E-state index < -0.39 is 0 Å². The molecule has 0 unspecified atom stereocenters. The fourth-order valence-electron chi connectivity index (χ4n) is 2.28. The largest absolute Gasteiger partial charge is 0.334 e. The molecule has 0 aromatic heterocycles. The van der Waals surface area contributed by atoms with Crippen LogP contribution in [-0.2, 0) is 0 Å². The highest BCUT2D eigenvalue weighted by Crippen LogP contribution is 2.13. The number of piperidine rings is 1. The molecular formula is C14H21ClN3+. The van der Waals surface area contributed by atoms with E-state index in [1.54, 1.807) is 4.90 Å². The van der Waals surface area contributed by atoms with E-state index in [4.69, 9.17) is 11.6 Å². The van der Waals surface area contributed by atoms with Gasteiger partial charge in [-0.15, -0.1) is 0 Å². The van der Waals surface area contributed by atoms with E-state index in [-0.39, 0.29) is 0 Å². The van der Waals surface area contributed by atoms with E-state index in [0.29, 0.717) is 0 Å². The summed E-state index contributed by atoms with van der Waals surface area (Å²) in [4.78, 5) is 1.71. The van der Waals surface area contributed by atoms with Crippen molar-refractivity contribution in [2.45, 2.75) is 26.2 Å². The Kier molecular flexibility index (Phi) is 5.02. The lowest BCUT2D eigenvalue weighted by Crippen LogP contribution is -3.13. The minimum atomic E-state index is 0.754. The van der Waals surface area contributed by atoms with Gasteiger partial charge in [0.25, 0.3) is 0 Å². The van der Waals surface area contributed by atoms with Crippen LogP contribution in [0.1, 0.15) is 26.2 Å². The van der Waals surface area contributed by atoms with Crippen molar-refractivity contribution in [3.05, 3.63) is 29.3 Å². The highest BCUT2D eigenvalue weighted by Gasteiger charge is 2.16. The van der Waals surface area contributed by atoms with Crippen molar-refractivity contribution in [1.29, 1.82) is 0 Å². The Morgan fingerprint density at radius 1 is 1.22 bits per heavy atom. The maximum atomic E-state index is 5.84. The Morgan fingerprint density at radius 3 is 2.50 bits per heavy atom. The summed E-state index contributed by atoms with van der Waals surface area (Å²) in [7, 11) is 0. The summed E-state index contributed by atoms with van der Waals surface area (Å²) in [5.41, 5.74) is 5.39. The Hall–Kier alpha value is -1.06. The average molecular weight is 267 g/mol. The van der Waals surface area contributed by atoms with Gasteiger partial charge in [-0.05, 0) is 30.7 Å². The predicted octanol–water partition coefficient (Wildman–Crippen LogP) is 2.20. The SMILES string of the molecule is CCC[NH+]1CCC(=NNc2ccc(Cl)cc2)CC1. The third-order valence-electron chi connectivity index (χ3n) is 3.33. The van der Waals surface area contributed by atoms with Crippen LogP contribution in [0, 0.1) is 0 Å². The molecule has 1 aromatic carbocycles. The zero-order chi connectivity index (χ0) is 12.8. The lowest BCUT2D eigenvalue weighted by Gasteiger charge is -2.24. The summed E-state index contributed by atoms with van der Waals surface area (Å²) in [6.07, 6.45) is 3.48. The van der Waals surface area contributed by atoms with Gasteiger partial charge in [-0.3, -0.25) is 5.43 Å². The molecular weight excluding hydrogens is 246 g/mol. The van der Waals surface area contributed by atoms with Gasteiger partial charge in [0.2, 0.25) is 0 Å². The zero-order valence-corrected chi connectivity index (χ0v) is 11.6. The van der Waals surface area contributed by atoms with E-state index in [2.05, 4.69) is 17.5 Å². The Bertz CT molecular complexity index is 390. The molecule has 98 valence electrons. The van der Waals surface area contributed by atoms with Gasteiger partial charge >= 0.3 is 0 Å². The molecule has 0 atom stereocenters. The first-order valence-electron chi connectivity index (χ1n) is 6.68. The Morgan fingerprint density at radius 2 is 1.89 bits per heavy atom. The highest BCUT2D eigenvalue weighted by molar-refractivity contribution is 6.30. The lowest BCUT2D eigenvalue weighted by atomic mass is 10.1. The van der Waals surface area contributed by atoms with Crippen molar-refractivity contribution < 1.29 is 4.90 Å². The number of halogens is 1. The monoisotopic (exact) mass is 266 g/mol. The third-order valence-corrected chi connectivity index (χ3v) is 3.58. The van der Waals surface area contributed by atoms with Gasteiger partial charge in [0.15, 0.2) is 0 Å². The molecule has 2 N–H and O–H groups in total. The molecule has 1 aliphatic rings. The maximum absolute atomic E-state index is 5.84. The quantitative estimate of drug-likeness (QED) is 0.804. The van der Waals surface area contributed by atoms with Crippen LogP contribution in [0.5, 0.6) is 0 Å². The van der Waals surface area contributed by atoms with E-state index in [1.165, 1.54) is 31.8 Å². The molecule has 2 rings (SSSR count). The van der Waals surface area contributed by atoms with Gasteiger partial charge in [-0.2, -0.15) is 5.10 Å². The first-order valence-corrected chi connectivity index (χ1v) is 7.06. The molecule has 1 heterocycles. The average Bonchev–Trinajstić information content (AvgIpc) is 2.40. The first-order chi connectivity index (χ1) is 8.78. The molecule has 0 spiro atoms. The number of hydrazone groups is 1. The number of anilines is 1. The molecule has 4 heteroatoms. The number of nitrogens with zero attached hydrogens (tertiary/aromatic N) is 1. The number of likely N-dealkylation sites (tertiary alicyclic amines) is 1. The van der Waals surface area contributed by atoms with Gasteiger partial charge in [0.1, 0.15) is 0 Å². The summed E-state index contributed by atoms with van der Waals surface area (Å²) < 4.78 is 0. The van der Waals surface area contributed by atoms with Crippen molar-refractivity contribution in [2.75, 3.05) is 25.1 Å². The second-order valence-electron chi connectivity index (χ2n) is 4.80. The molecule has 0 amide bonds.